The number of sulfonamides is 1. The summed E-state index contributed by atoms with van der Waals surface area (Å²) < 4.78 is 52.9. The van der Waals surface area contributed by atoms with Gasteiger partial charge in [0, 0.05) is 22.9 Å². The Balaban J connectivity index is 2.16. The third kappa shape index (κ3) is 5.07. The monoisotopic (exact) mass is 368 g/mol. The first-order valence-electron chi connectivity index (χ1n) is 7.38. The van der Waals surface area contributed by atoms with E-state index < -0.39 is 33.1 Å². The number of halogens is 2. The van der Waals surface area contributed by atoms with Gasteiger partial charge in [0.15, 0.2) is 11.6 Å². The molecule has 2 rings (SSSR count). The summed E-state index contributed by atoms with van der Waals surface area (Å²) in [4.78, 5) is 12.1. The maximum Gasteiger partial charge on any atom is 0.255 e. The van der Waals surface area contributed by atoms with Crippen molar-refractivity contribution in [3.8, 4) is 0 Å². The predicted octanol–water partition coefficient (Wildman–Crippen LogP) is 3.29. The minimum atomic E-state index is -3.70. The summed E-state index contributed by atoms with van der Waals surface area (Å²) >= 11 is 0. The second-order valence-electron chi connectivity index (χ2n) is 6.46. The number of hydrogen-bond donors (Lipinski definition) is 2. The van der Waals surface area contributed by atoms with Crippen molar-refractivity contribution >= 4 is 21.6 Å². The molecule has 134 valence electrons. The van der Waals surface area contributed by atoms with Gasteiger partial charge in [-0.2, -0.15) is 0 Å². The Morgan fingerprint density at radius 1 is 0.960 bits per heavy atom. The molecule has 0 aliphatic rings. The van der Waals surface area contributed by atoms with Crippen molar-refractivity contribution in [2.24, 2.45) is 0 Å². The van der Waals surface area contributed by atoms with Crippen LogP contribution in [0.5, 0.6) is 0 Å². The number of anilines is 1. The summed E-state index contributed by atoms with van der Waals surface area (Å²) in [6.45, 7) is 5.15. The van der Waals surface area contributed by atoms with Crippen molar-refractivity contribution in [3.05, 3.63) is 59.7 Å². The molecule has 0 aliphatic heterocycles. The smallest absolute Gasteiger partial charge is 0.255 e. The molecule has 0 saturated carbocycles. The zero-order valence-electron chi connectivity index (χ0n) is 13.9. The molecule has 8 heteroatoms. The van der Waals surface area contributed by atoms with Crippen LogP contribution < -0.4 is 10.0 Å². The molecule has 2 aromatic rings. The third-order valence-corrected chi connectivity index (χ3v) is 4.82. The van der Waals surface area contributed by atoms with Crippen molar-refractivity contribution < 1.29 is 22.0 Å². The molecule has 5 nitrogen and oxygen atoms in total. The lowest BCUT2D eigenvalue weighted by molar-refractivity contribution is 0.102. The lowest BCUT2D eigenvalue weighted by Gasteiger charge is -2.20. The molecule has 0 aliphatic carbocycles. The van der Waals surface area contributed by atoms with Crippen LogP contribution in [0.1, 0.15) is 31.1 Å². The minimum Gasteiger partial charge on any atom is -0.322 e. The molecule has 2 aromatic carbocycles. The van der Waals surface area contributed by atoms with E-state index in [2.05, 4.69) is 10.0 Å². The van der Waals surface area contributed by atoms with E-state index >= 15 is 0 Å². The summed E-state index contributed by atoms with van der Waals surface area (Å²) in [7, 11) is -3.70. The molecule has 1 amide bonds. The van der Waals surface area contributed by atoms with Gasteiger partial charge < -0.3 is 5.32 Å². The first-order valence-corrected chi connectivity index (χ1v) is 8.87. The Morgan fingerprint density at radius 3 is 2.08 bits per heavy atom. The van der Waals surface area contributed by atoms with Crippen molar-refractivity contribution in [2.75, 3.05) is 5.32 Å². The largest absolute Gasteiger partial charge is 0.322 e. The molecule has 0 radical (unpaired) electrons. The fourth-order valence-corrected chi connectivity index (χ4v) is 3.44. The van der Waals surface area contributed by atoms with Crippen LogP contribution in [-0.2, 0) is 10.0 Å². The lowest BCUT2D eigenvalue weighted by Crippen LogP contribution is -2.40. The van der Waals surface area contributed by atoms with Crippen LogP contribution in [0.4, 0.5) is 14.5 Å². The van der Waals surface area contributed by atoms with Crippen LogP contribution in [0.15, 0.2) is 47.4 Å². The molecule has 0 saturated heterocycles. The van der Waals surface area contributed by atoms with Crippen molar-refractivity contribution in [1.29, 1.82) is 0 Å². The second-order valence-corrected chi connectivity index (χ2v) is 8.15. The Hall–Kier alpha value is -2.32. The maximum absolute atomic E-state index is 13.2. The summed E-state index contributed by atoms with van der Waals surface area (Å²) in [5.41, 5.74) is -0.365. The Kier molecular flexibility index (Phi) is 5.24. The number of rotatable bonds is 4. The predicted molar refractivity (Wildman–Crippen MR) is 90.8 cm³/mol. The number of amides is 1. The average molecular weight is 368 g/mol. The standard InChI is InChI=1S/C17H18F2N2O3S/c1-17(2,3)21-25(23,24)13-7-4-11(5-8-13)16(22)20-12-6-9-14(18)15(19)10-12/h4-10,21H,1-3H3,(H,20,22). The maximum atomic E-state index is 13.2. The fraction of sp³-hybridized carbons (Fsp3) is 0.235. The van der Waals surface area contributed by atoms with Crippen LogP contribution in [0.3, 0.4) is 0 Å². The van der Waals surface area contributed by atoms with E-state index in [1.807, 2.05) is 0 Å². The lowest BCUT2D eigenvalue weighted by atomic mass is 10.1. The number of carbonyl (C=O) groups excluding carboxylic acids is 1. The van der Waals surface area contributed by atoms with E-state index in [4.69, 9.17) is 0 Å². The fourth-order valence-electron chi connectivity index (χ4n) is 2.02. The quantitative estimate of drug-likeness (QED) is 0.870. The highest BCUT2D eigenvalue weighted by molar-refractivity contribution is 7.89. The minimum absolute atomic E-state index is 0.0202. The first-order chi connectivity index (χ1) is 11.5. The summed E-state index contributed by atoms with van der Waals surface area (Å²) in [6, 6.07) is 8.27. The van der Waals surface area contributed by atoms with Gasteiger partial charge in [0.05, 0.1) is 4.90 Å². The van der Waals surface area contributed by atoms with E-state index in [1.54, 1.807) is 20.8 Å². The van der Waals surface area contributed by atoms with E-state index in [1.165, 1.54) is 30.3 Å². The number of hydrogen-bond acceptors (Lipinski definition) is 3. The Bertz CT molecular complexity index is 889. The van der Waals surface area contributed by atoms with Gasteiger partial charge in [-0.15, -0.1) is 0 Å². The normalized spacial score (nSPS) is 12.0. The van der Waals surface area contributed by atoms with Gasteiger partial charge in [-0.3, -0.25) is 4.79 Å². The molecule has 0 spiro atoms. The van der Waals surface area contributed by atoms with Gasteiger partial charge >= 0.3 is 0 Å². The highest BCUT2D eigenvalue weighted by atomic mass is 32.2. The topological polar surface area (TPSA) is 75.3 Å². The van der Waals surface area contributed by atoms with Crippen molar-refractivity contribution in [1.82, 2.24) is 4.72 Å². The molecule has 2 N–H and O–H groups in total. The van der Waals surface area contributed by atoms with E-state index in [-0.39, 0.29) is 16.1 Å². The van der Waals surface area contributed by atoms with E-state index in [0.717, 1.165) is 12.1 Å². The first kappa shape index (κ1) is 19.0. The van der Waals surface area contributed by atoms with Crippen LogP contribution in [-0.4, -0.2) is 19.9 Å². The highest BCUT2D eigenvalue weighted by Crippen LogP contribution is 2.17. The van der Waals surface area contributed by atoms with Crippen molar-refractivity contribution in [3.63, 3.8) is 0 Å². The molecule has 0 heterocycles. The average Bonchev–Trinajstić information content (AvgIpc) is 2.49. The Labute approximate surface area is 145 Å². The molecular weight excluding hydrogens is 350 g/mol. The molecule has 25 heavy (non-hydrogen) atoms. The van der Waals surface area contributed by atoms with Gasteiger partial charge in [0.2, 0.25) is 10.0 Å². The van der Waals surface area contributed by atoms with E-state index in [0.29, 0.717) is 0 Å². The number of nitrogens with one attached hydrogen (secondary N) is 2. The van der Waals surface area contributed by atoms with Crippen LogP contribution in [0.2, 0.25) is 0 Å². The summed E-state index contributed by atoms with van der Waals surface area (Å²) in [6.07, 6.45) is 0. The number of benzene rings is 2. The zero-order valence-corrected chi connectivity index (χ0v) is 14.7. The second kappa shape index (κ2) is 6.89. The van der Waals surface area contributed by atoms with Gasteiger partial charge in [-0.1, -0.05) is 0 Å². The molecule has 0 aromatic heterocycles. The Morgan fingerprint density at radius 2 is 1.56 bits per heavy atom. The SMILES string of the molecule is CC(C)(C)NS(=O)(=O)c1ccc(C(=O)Nc2ccc(F)c(F)c2)cc1. The molecular formula is C17H18F2N2O3S. The van der Waals surface area contributed by atoms with Gasteiger partial charge in [-0.05, 0) is 57.2 Å². The van der Waals surface area contributed by atoms with Crippen molar-refractivity contribution in [2.45, 2.75) is 31.2 Å². The van der Waals surface area contributed by atoms with Gasteiger partial charge in [0.1, 0.15) is 0 Å². The molecule has 0 atom stereocenters. The van der Waals surface area contributed by atoms with E-state index in [9.17, 15) is 22.0 Å². The van der Waals surface area contributed by atoms with Crippen LogP contribution in [0, 0.1) is 11.6 Å². The summed E-state index contributed by atoms with van der Waals surface area (Å²) in [5.74, 6) is -2.66. The molecule has 0 bridgehead atoms. The molecule has 0 fully saturated rings. The summed E-state index contributed by atoms with van der Waals surface area (Å²) in [5, 5.41) is 2.41. The number of carbonyl (C=O) groups is 1. The zero-order chi connectivity index (χ0) is 18.8. The molecule has 0 unspecified atom stereocenters. The highest BCUT2D eigenvalue weighted by Gasteiger charge is 2.22. The van der Waals surface area contributed by atoms with Crippen LogP contribution >= 0.6 is 0 Å². The van der Waals surface area contributed by atoms with Gasteiger partial charge in [-0.25, -0.2) is 21.9 Å². The van der Waals surface area contributed by atoms with Crippen LogP contribution in [0.25, 0.3) is 0 Å². The third-order valence-electron chi connectivity index (χ3n) is 3.04. The van der Waals surface area contributed by atoms with Gasteiger partial charge in [0.25, 0.3) is 5.91 Å².